The molecule has 2 aliphatic carbocycles. The van der Waals surface area contributed by atoms with Crippen LogP contribution in [0.4, 0.5) is 17.1 Å². The second-order valence-electron chi connectivity index (χ2n) is 16.5. The van der Waals surface area contributed by atoms with E-state index in [1.54, 1.807) is 0 Å². The Balaban J connectivity index is 0.00000396. The van der Waals surface area contributed by atoms with E-state index in [1.165, 1.54) is 83.1 Å². The Morgan fingerprint density at radius 2 is 0.930 bits per heavy atom. The second-order valence-corrected chi connectivity index (χ2v) is 16.5. The van der Waals surface area contributed by atoms with Crippen LogP contribution in [0.2, 0.25) is 0 Å². The molecule has 9 aromatic rings. The van der Waals surface area contributed by atoms with Crippen molar-refractivity contribution in [3.8, 4) is 39.1 Å². The first-order chi connectivity index (χ1) is 27.3. The molecule has 0 bridgehead atoms. The van der Waals surface area contributed by atoms with Crippen LogP contribution in [0.25, 0.3) is 60.9 Å². The zero-order valence-corrected chi connectivity index (χ0v) is 32.2. The molecule has 0 radical (unpaired) electrons. The molecule has 0 N–H and O–H groups in total. The number of rotatable bonds is 5. The SMILES string of the molecule is C.CC1(C)c2ccccc2-c2ccc(N(c3ccccc3-c3cccc(-n4c5ccccc5c5ccccc54)c3)c3cccc4c3C(C)(C)c3ccccc3-4)cc21. The number of hydrogen-bond acceptors (Lipinski definition) is 1. The highest BCUT2D eigenvalue weighted by Gasteiger charge is 2.40. The van der Waals surface area contributed by atoms with Crippen molar-refractivity contribution in [2.45, 2.75) is 46.0 Å². The zero-order chi connectivity index (χ0) is 37.8. The summed E-state index contributed by atoms with van der Waals surface area (Å²) in [5.41, 5.74) is 19.9. The van der Waals surface area contributed by atoms with Crippen molar-refractivity contribution < 1.29 is 0 Å². The lowest BCUT2D eigenvalue weighted by atomic mass is 9.80. The Labute approximate surface area is 336 Å². The van der Waals surface area contributed by atoms with Gasteiger partial charge < -0.3 is 9.47 Å². The third-order valence-electron chi connectivity index (χ3n) is 12.8. The van der Waals surface area contributed by atoms with Gasteiger partial charge in [-0.3, -0.25) is 0 Å². The molecule has 0 spiro atoms. The van der Waals surface area contributed by atoms with Crippen molar-refractivity contribution in [2.24, 2.45) is 0 Å². The van der Waals surface area contributed by atoms with Crippen molar-refractivity contribution in [1.82, 2.24) is 4.57 Å². The van der Waals surface area contributed by atoms with Crippen LogP contribution in [0.1, 0.15) is 57.4 Å². The molecule has 2 aliphatic rings. The van der Waals surface area contributed by atoms with Crippen LogP contribution in [-0.4, -0.2) is 4.57 Å². The summed E-state index contributed by atoms with van der Waals surface area (Å²) in [6, 6.07) is 67.5. The summed E-state index contributed by atoms with van der Waals surface area (Å²) in [5, 5.41) is 2.53. The van der Waals surface area contributed by atoms with E-state index in [2.05, 4.69) is 219 Å². The molecule has 276 valence electrons. The summed E-state index contributed by atoms with van der Waals surface area (Å²) in [4.78, 5) is 2.55. The highest BCUT2D eigenvalue weighted by molar-refractivity contribution is 6.09. The summed E-state index contributed by atoms with van der Waals surface area (Å²) in [6.07, 6.45) is 0. The van der Waals surface area contributed by atoms with Gasteiger partial charge in [-0.15, -0.1) is 0 Å². The third kappa shape index (κ3) is 4.96. The highest BCUT2D eigenvalue weighted by Crippen LogP contribution is 2.56. The van der Waals surface area contributed by atoms with Gasteiger partial charge in [0, 0.05) is 38.5 Å². The van der Waals surface area contributed by atoms with Crippen molar-refractivity contribution >= 4 is 38.9 Å². The van der Waals surface area contributed by atoms with Crippen molar-refractivity contribution in [3.05, 3.63) is 204 Å². The third-order valence-corrected chi connectivity index (χ3v) is 12.8. The molecule has 1 heterocycles. The number of aromatic nitrogens is 1. The summed E-state index contributed by atoms with van der Waals surface area (Å²) < 4.78 is 2.42. The highest BCUT2D eigenvalue weighted by atomic mass is 15.1. The molecule has 2 nitrogen and oxygen atoms in total. The minimum atomic E-state index is -0.196. The zero-order valence-electron chi connectivity index (χ0n) is 32.2. The van der Waals surface area contributed by atoms with Gasteiger partial charge in [0.1, 0.15) is 0 Å². The lowest BCUT2D eigenvalue weighted by molar-refractivity contribution is 0.658. The first-order valence-corrected chi connectivity index (χ1v) is 19.8. The first-order valence-electron chi connectivity index (χ1n) is 19.8. The van der Waals surface area contributed by atoms with E-state index in [1.807, 2.05) is 0 Å². The summed E-state index contributed by atoms with van der Waals surface area (Å²) in [6.45, 7) is 9.53. The minimum absolute atomic E-state index is 0. The van der Waals surface area contributed by atoms with Gasteiger partial charge in [0.25, 0.3) is 0 Å². The number of fused-ring (bicyclic) bond motifs is 9. The summed E-state index contributed by atoms with van der Waals surface area (Å²) in [7, 11) is 0. The molecule has 8 aromatic carbocycles. The van der Waals surface area contributed by atoms with Crippen LogP contribution < -0.4 is 4.90 Å². The van der Waals surface area contributed by atoms with Gasteiger partial charge in [-0.2, -0.15) is 0 Å². The fourth-order valence-electron chi connectivity index (χ4n) is 10.2. The van der Waals surface area contributed by atoms with Crippen LogP contribution in [0.3, 0.4) is 0 Å². The number of para-hydroxylation sites is 3. The molecular formula is C55H46N2. The fourth-order valence-corrected chi connectivity index (χ4v) is 10.2. The average molecular weight is 735 g/mol. The van der Waals surface area contributed by atoms with Crippen LogP contribution in [0, 0.1) is 0 Å². The molecule has 2 heteroatoms. The van der Waals surface area contributed by atoms with E-state index in [0.717, 1.165) is 17.1 Å². The lowest BCUT2D eigenvalue weighted by Gasteiger charge is -2.34. The molecule has 0 unspecified atom stereocenters. The van der Waals surface area contributed by atoms with E-state index in [9.17, 15) is 0 Å². The van der Waals surface area contributed by atoms with Crippen molar-refractivity contribution in [1.29, 1.82) is 0 Å². The molecule has 0 amide bonds. The van der Waals surface area contributed by atoms with Gasteiger partial charge in [0.2, 0.25) is 0 Å². The Morgan fingerprint density at radius 1 is 0.404 bits per heavy atom. The topological polar surface area (TPSA) is 8.17 Å². The molecule has 0 saturated heterocycles. The maximum absolute atomic E-state index is 2.55. The minimum Gasteiger partial charge on any atom is -0.310 e. The number of anilines is 3. The van der Waals surface area contributed by atoms with E-state index >= 15 is 0 Å². The van der Waals surface area contributed by atoms with Crippen LogP contribution in [0.5, 0.6) is 0 Å². The predicted octanol–water partition coefficient (Wildman–Crippen LogP) is 15.2. The van der Waals surface area contributed by atoms with Crippen molar-refractivity contribution in [3.63, 3.8) is 0 Å². The molecular weight excluding hydrogens is 689 g/mol. The quantitative estimate of drug-likeness (QED) is 0.171. The van der Waals surface area contributed by atoms with Gasteiger partial charge >= 0.3 is 0 Å². The smallest absolute Gasteiger partial charge is 0.0541 e. The molecule has 0 fully saturated rings. The lowest BCUT2D eigenvalue weighted by Crippen LogP contribution is -2.21. The van der Waals surface area contributed by atoms with E-state index < -0.39 is 0 Å². The maximum atomic E-state index is 2.55. The Kier molecular flexibility index (Phi) is 7.76. The number of benzene rings is 8. The van der Waals surface area contributed by atoms with Gasteiger partial charge in [0.05, 0.1) is 22.4 Å². The maximum Gasteiger partial charge on any atom is 0.0541 e. The number of hydrogen-bond donors (Lipinski definition) is 0. The molecule has 57 heavy (non-hydrogen) atoms. The molecule has 0 aliphatic heterocycles. The Hall–Kier alpha value is -6.64. The Morgan fingerprint density at radius 3 is 1.65 bits per heavy atom. The standard InChI is InChI=1S/C54H42N2.CH4/c1-53(2)45-25-10-5-20-39(45)41-32-31-37(34-47(41)53)56(51-30-16-24-44-40-21-6-11-26-46(40)54(3,4)52(44)51)48-27-12-7-19-38(48)35-17-15-18-36(33-35)55-49-28-13-8-22-42(49)43-23-9-14-29-50(43)55;/h5-34H,1-4H3;1H4. The van der Waals surface area contributed by atoms with Gasteiger partial charge in [-0.1, -0.05) is 169 Å². The van der Waals surface area contributed by atoms with Crippen LogP contribution in [-0.2, 0) is 10.8 Å². The fraction of sp³-hybridized carbons (Fsp3) is 0.127. The van der Waals surface area contributed by atoms with Gasteiger partial charge in [-0.25, -0.2) is 0 Å². The Bertz CT molecular complexity index is 2990. The van der Waals surface area contributed by atoms with Gasteiger partial charge in [-0.05, 0) is 98.6 Å². The average Bonchev–Trinajstić information content (AvgIpc) is 3.79. The number of nitrogens with zero attached hydrogens (tertiary/aromatic N) is 2. The van der Waals surface area contributed by atoms with E-state index in [0.29, 0.717) is 0 Å². The first kappa shape index (κ1) is 34.8. The van der Waals surface area contributed by atoms with Crippen molar-refractivity contribution in [2.75, 3.05) is 4.90 Å². The van der Waals surface area contributed by atoms with E-state index in [-0.39, 0.29) is 18.3 Å². The molecule has 0 saturated carbocycles. The van der Waals surface area contributed by atoms with Crippen LogP contribution in [0.15, 0.2) is 182 Å². The molecule has 11 rings (SSSR count). The largest absolute Gasteiger partial charge is 0.310 e. The van der Waals surface area contributed by atoms with E-state index in [4.69, 9.17) is 0 Å². The summed E-state index contributed by atoms with van der Waals surface area (Å²) >= 11 is 0. The van der Waals surface area contributed by atoms with Crippen LogP contribution >= 0.6 is 0 Å². The predicted molar refractivity (Wildman–Crippen MR) is 243 cm³/mol. The molecule has 0 atom stereocenters. The second kappa shape index (κ2) is 12.7. The molecule has 1 aromatic heterocycles. The monoisotopic (exact) mass is 734 g/mol. The normalized spacial score (nSPS) is 14.1. The van der Waals surface area contributed by atoms with Gasteiger partial charge in [0.15, 0.2) is 0 Å². The summed E-state index contributed by atoms with van der Waals surface area (Å²) in [5.74, 6) is 0.